The number of aryl methyl sites for hydroxylation is 1. The molecule has 136 valence electrons. The summed E-state index contributed by atoms with van der Waals surface area (Å²) in [6, 6.07) is 14.3. The molecule has 2 aromatic carbocycles. The molecule has 0 spiro atoms. The number of rotatable bonds is 6. The maximum absolute atomic E-state index is 12.9. The van der Waals surface area contributed by atoms with Gasteiger partial charge < -0.3 is 10.2 Å². The average Bonchev–Trinajstić information content (AvgIpc) is 2.99. The van der Waals surface area contributed by atoms with E-state index in [1.54, 1.807) is 17.0 Å². The van der Waals surface area contributed by atoms with E-state index in [2.05, 4.69) is 5.32 Å². The van der Waals surface area contributed by atoms with E-state index in [9.17, 15) is 14.0 Å². The number of carbonyl (C=O) groups excluding carboxylic acids is 2. The predicted molar refractivity (Wildman–Crippen MR) is 97.8 cm³/mol. The predicted octanol–water partition coefficient (Wildman–Crippen LogP) is 2.84. The number of carbonyl (C=O) groups is 2. The zero-order chi connectivity index (χ0) is 18.5. The second-order valence-electron chi connectivity index (χ2n) is 6.83. The van der Waals surface area contributed by atoms with Gasteiger partial charge in [-0.3, -0.25) is 9.59 Å². The van der Waals surface area contributed by atoms with Crippen LogP contribution in [0.5, 0.6) is 0 Å². The highest BCUT2D eigenvalue weighted by atomic mass is 19.1. The molecule has 1 atom stereocenters. The summed E-state index contributed by atoms with van der Waals surface area (Å²) in [4.78, 5) is 26.3. The molecule has 0 aliphatic carbocycles. The standard InChI is InChI=1S/C21H23FN2O2/c1-15-2-4-17(5-3-15)13-24-14-18(12-20(24)25)21(26)23-11-10-16-6-8-19(22)9-7-16/h2-9,18H,10-14H2,1H3,(H,23,26)/t18-/m0/s1. The van der Waals surface area contributed by atoms with Gasteiger partial charge >= 0.3 is 0 Å². The fourth-order valence-corrected chi connectivity index (χ4v) is 3.14. The molecule has 1 aliphatic rings. The van der Waals surface area contributed by atoms with E-state index < -0.39 is 0 Å². The van der Waals surface area contributed by atoms with Crippen molar-refractivity contribution in [3.8, 4) is 0 Å². The Morgan fingerprint density at radius 3 is 2.46 bits per heavy atom. The maximum Gasteiger partial charge on any atom is 0.225 e. The first kappa shape index (κ1) is 18.1. The van der Waals surface area contributed by atoms with E-state index in [1.807, 2.05) is 31.2 Å². The molecular weight excluding hydrogens is 331 g/mol. The first-order valence-electron chi connectivity index (χ1n) is 8.87. The summed E-state index contributed by atoms with van der Waals surface area (Å²) in [5.74, 6) is -0.645. The van der Waals surface area contributed by atoms with Crippen molar-refractivity contribution in [1.29, 1.82) is 0 Å². The Morgan fingerprint density at radius 1 is 1.12 bits per heavy atom. The number of hydrogen-bond donors (Lipinski definition) is 1. The zero-order valence-corrected chi connectivity index (χ0v) is 14.9. The Morgan fingerprint density at radius 2 is 1.77 bits per heavy atom. The molecule has 5 heteroatoms. The Bertz CT molecular complexity index is 772. The summed E-state index contributed by atoms with van der Waals surface area (Å²) >= 11 is 0. The number of halogens is 1. The molecule has 1 N–H and O–H groups in total. The quantitative estimate of drug-likeness (QED) is 0.867. The number of nitrogens with zero attached hydrogens (tertiary/aromatic N) is 1. The van der Waals surface area contributed by atoms with Crippen molar-refractivity contribution in [3.63, 3.8) is 0 Å². The van der Waals surface area contributed by atoms with E-state index in [1.165, 1.54) is 17.7 Å². The molecule has 0 unspecified atom stereocenters. The highest BCUT2D eigenvalue weighted by molar-refractivity contribution is 5.89. The van der Waals surface area contributed by atoms with Gasteiger partial charge in [0.25, 0.3) is 0 Å². The Labute approximate surface area is 153 Å². The van der Waals surface area contributed by atoms with Gasteiger partial charge in [0.1, 0.15) is 5.82 Å². The van der Waals surface area contributed by atoms with Crippen LogP contribution in [0.2, 0.25) is 0 Å². The van der Waals surface area contributed by atoms with Crippen molar-refractivity contribution < 1.29 is 14.0 Å². The number of likely N-dealkylation sites (tertiary alicyclic amines) is 1. The lowest BCUT2D eigenvalue weighted by molar-refractivity contribution is -0.129. The minimum Gasteiger partial charge on any atom is -0.355 e. The number of amides is 2. The third-order valence-corrected chi connectivity index (χ3v) is 4.71. The molecule has 26 heavy (non-hydrogen) atoms. The molecule has 1 saturated heterocycles. The smallest absolute Gasteiger partial charge is 0.225 e. The third-order valence-electron chi connectivity index (χ3n) is 4.71. The monoisotopic (exact) mass is 354 g/mol. The normalized spacial score (nSPS) is 16.8. The number of nitrogens with one attached hydrogen (secondary N) is 1. The van der Waals surface area contributed by atoms with Crippen molar-refractivity contribution in [2.75, 3.05) is 13.1 Å². The van der Waals surface area contributed by atoms with Crippen molar-refractivity contribution in [1.82, 2.24) is 10.2 Å². The lowest BCUT2D eigenvalue weighted by Gasteiger charge is -2.17. The van der Waals surface area contributed by atoms with Crippen LogP contribution in [0.4, 0.5) is 4.39 Å². The molecule has 4 nitrogen and oxygen atoms in total. The fourth-order valence-electron chi connectivity index (χ4n) is 3.14. The highest BCUT2D eigenvalue weighted by Crippen LogP contribution is 2.20. The van der Waals surface area contributed by atoms with E-state index in [4.69, 9.17) is 0 Å². The van der Waals surface area contributed by atoms with Gasteiger partial charge in [0, 0.05) is 26.1 Å². The topological polar surface area (TPSA) is 49.4 Å². The fraction of sp³-hybridized carbons (Fsp3) is 0.333. The Hall–Kier alpha value is -2.69. The second kappa shape index (κ2) is 8.13. The van der Waals surface area contributed by atoms with Crippen LogP contribution in [0.1, 0.15) is 23.1 Å². The molecule has 3 rings (SSSR count). The van der Waals surface area contributed by atoms with Crippen LogP contribution < -0.4 is 5.32 Å². The first-order valence-corrected chi connectivity index (χ1v) is 8.87. The minimum atomic E-state index is -0.304. The van der Waals surface area contributed by atoms with Crippen LogP contribution in [0.25, 0.3) is 0 Å². The van der Waals surface area contributed by atoms with Gasteiger partial charge in [0.2, 0.25) is 11.8 Å². The summed E-state index contributed by atoms with van der Waals surface area (Å²) < 4.78 is 12.9. The van der Waals surface area contributed by atoms with Crippen LogP contribution in [0.15, 0.2) is 48.5 Å². The van der Waals surface area contributed by atoms with Crippen LogP contribution >= 0.6 is 0 Å². The number of hydrogen-bond acceptors (Lipinski definition) is 2. The molecule has 0 saturated carbocycles. The maximum atomic E-state index is 12.9. The van der Waals surface area contributed by atoms with Gasteiger partial charge in [-0.25, -0.2) is 4.39 Å². The summed E-state index contributed by atoms with van der Waals surface area (Å²) in [7, 11) is 0. The SMILES string of the molecule is Cc1ccc(CN2C[C@@H](C(=O)NCCc3ccc(F)cc3)CC2=O)cc1. The molecule has 1 aliphatic heterocycles. The van der Waals surface area contributed by atoms with Gasteiger partial charge in [-0.1, -0.05) is 42.0 Å². The summed E-state index contributed by atoms with van der Waals surface area (Å²) in [5.41, 5.74) is 3.22. The van der Waals surface area contributed by atoms with Crippen LogP contribution in [0.3, 0.4) is 0 Å². The molecule has 2 amide bonds. The van der Waals surface area contributed by atoms with E-state index in [-0.39, 0.29) is 30.0 Å². The largest absolute Gasteiger partial charge is 0.355 e. The number of benzene rings is 2. The van der Waals surface area contributed by atoms with Crippen molar-refractivity contribution in [2.45, 2.75) is 26.3 Å². The van der Waals surface area contributed by atoms with Gasteiger partial charge in [-0.05, 0) is 36.6 Å². The van der Waals surface area contributed by atoms with Crippen LogP contribution in [-0.4, -0.2) is 29.8 Å². The molecular formula is C21H23FN2O2. The van der Waals surface area contributed by atoms with E-state index >= 15 is 0 Å². The first-order chi connectivity index (χ1) is 12.5. The van der Waals surface area contributed by atoms with Crippen molar-refractivity contribution in [3.05, 3.63) is 71.0 Å². The summed E-state index contributed by atoms with van der Waals surface area (Å²) in [5, 5.41) is 2.89. The molecule has 1 fully saturated rings. The molecule has 0 bridgehead atoms. The zero-order valence-electron chi connectivity index (χ0n) is 14.9. The van der Waals surface area contributed by atoms with E-state index in [0.29, 0.717) is 26.1 Å². The van der Waals surface area contributed by atoms with E-state index in [0.717, 1.165) is 11.1 Å². The van der Waals surface area contributed by atoms with Crippen LogP contribution in [0, 0.1) is 18.7 Å². The Balaban J connectivity index is 1.47. The average molecular weight is 354 g/mol. The highest BCUT2D eigenvalue weighted by Gasteiger charge is 2.33. The summed E-state index contributed by atoms with van der Waals surface area (Å²) in [6.07, 6.45) is 0.897. The minimum absolute atomic E-state index is 0.0178. The van der Waals surface area contributed by atoms with Gasteiger partial charge in [0.15, 0.2) is 0 Å². The molecule has 0 aromatic heterocycles. The van der Waals surface area contributed by atoms with Crippen LogP contribution in [-0.2, 0) is 22.6 Å². The lowest BCUT2D eigenvalue weighted by Crippen LogP contribution is -2.34. The van der Waals surface area contributed by atoms with Gasteiger partial charge in [-0.2, -0.15) is 0 Å². The molecule has 0 radical (unpaired) electrons. The van der Waals surface area contributed by atoms with Gasteiger partial charge in [-0.15, -0.1) is 0 Å². The van der Waals surface area contributed by atoms with Crippen molar-refractivity contribution in [2.24, 2.45) is 5.92 Å². The molecule has 2 aromatic rings. The molecule has 1 heterocycles. The second-order valence-corrected chi connectivity index (χ2v) is 6.83. The summed E-state index contributed by atoms with van der Waals surface area (Å²) in [6.45, 7) is 3.50. The lowest BCUT2D eigenvalue weighted by atomic mass is 10.1. The third kappa shape index (κ3) is 4.69. The van der Waals surface area contributed by atoms with Gasteiger partial charge in [0.05, 0.1) is 5.92 Å². The Kier molecular flexibility index (Phi) is 5.66. The van der Waals surface area contributed by atoms with Crippen molar-refractivity contribution >= 4 is 11.8 Å².